The van der Waals surface area contributed by atoms with Gasteiger partial charge in [0.05, 0.1) is 12.2 Å². The molecule has 3 fully saturated rings. The molecule has 4 nitrogen and oxygen atoms in total. The minimum atomic E-state index is -0.103. The number of ether oxygens (including phenoxy) is 2. The molecule has 1 aliphatic carbocycles. The van der Waals surface area contributed by atoms with Crippen molar-refractivity contribution in [2.24, 2.45) is 17.1 Å². The van der Waals surface area contributed by atoms with E-state index in [1.54, 1.807) is 0 Å². The fourth-order valence-corrected chi connectivity index (χ4v) is 4.71. The number of likely N-dealkylation sites (tertiary alicyclic amines) is 1. The van der Waals surface area contributed by atoms with Gasteiger partial charge in [-0.15, -0.1) is 0 Å². The van der Waals surface area contributed by atoms with Gasteiger partial charge in [-0.1, -0.05) is 13.8 Å². The van der Waals surface area contributed by atoms with E-state index in [9.17, 15) is 0 Å². The Kier molecular flexibility index (Phi) is 3.87. The standard InChI is InChI=1S/C16H30N2O2/c1-15(2)14-13(7-5-9-20-14)16(15,17)11-18-8-4-6-12(10-18)19-3/h12-14H,4-11,17H2,1-3H3. The molecule has 1 saturated carbocycles. The van der Waals surface area contributed by atoms with Crippen LogP contribution in [0.5, 0.6) is 0 Å². The van der Waals surface area contributed by atoms with Crippen LogP contribution >= 0.6 is 0 Å². The molecular weight excluding hydrogens is 252 g/mol. The molecule has 116 valence electrons. The lowest BCUT2D eigenvalue weighted by Gasteiger charge is -2.67. The molecule has 4 unspecified atom stereocenters. The van der Waals surface area contributed by atoms with Gasteiger partial charge in [0.2, 0.25) is 0 Å². The Balaban J connectivity index is 1.69. The van der Waals surface area contributed by atoms with Crippen LogP contribution in [0.1, 0.15) is 39.5 Å². The van der Waals surface area contributed by atoms with Crippen molar-refractivity contribution < 1.29 is 9.47 Å². The van der Waals surface area contributed by atoms with Crippen LogP contribution in [0.3, 0.4) is 0 Å². The van der Waals surface area contributed by atoms with Crippen molar-refractivity contribution in [3.63, 3.8) is 0 Å². The minimum absolute atomic E-state index is 0.0815. The van der Waals surface area contributed by atoms with Crippen molar-refractivity contribution in [3.05, 3.63) is 0 Å². The van der Waals surface area contributed by atoms with Crippen molar-refractivity contribution in [2.75, 3.05) is 33.4 Å². The highest BCUT2D eigenvalue weighted by Gasteiger charge is 2.66. The average molecular weight is 282 g/mol. The van der Waals surface area contributed by atoms with Crippen LogP contribution in [0.2, 0.25) is 0 Å². The molecule has 2 saturated heterocycles. The lowest BCUT2D eigenvalue weighted by molar-refractivity contribution is -0.233. The number of piperidine rings is 1. The summed E-state index contributed by atoms with van der Waals surface area (Å²) in [5.41, 5.74) is 6.87. The zero-order valence-corrected chi connectivity index (χ0v) is 13.2. The third-order valence-corrected chi connectivity index (χ3v) is 6.18. The predicted molar refractivity (Wildman–Crippen MR) is 79.6 cm³/mol. The second-order valence-electron chi connectivity index (χ2n) is 7.54. The highest BCUT2D eigenvalue weighted by molar-refractivity contribution is 5.21. The number of rotatable bonds is 3. The molecule has 0 bridgehead atoms. The molecule has 2 heterocycles. The Hall–Kier alpha value is -0.160. The first kappa shape index (κ1) is 14.8. The summed E-state index contributed by atoms with van der Waals surface area (Å²) >= 11 is 0. The quantitative estimate of drug-likeness (QED) is 0.855. The van der Waals surface area contributed by atoms with E-state index in [0.717, 1.165) is 32.7 Å². The molecule has 0 spiro atoms. The van der Waals surface area contributed by atoms with Gasteiger partial charge in [0.25, 0.3) is 0 Å². The fraction of sp³-hybridized carbons (Fsp3) is 1.00. The van der Waals surface area contributed by atoms with Gasteiger partial charge in [0.15, 0.2) is 0 Å². The molecule has 0 radical (unpaired) electrons. The highest BCUT2D eigenvalue weighted by atomic mass is 16.5. The first-order chi connectivity index (χ1) is 9.49. The molecule has 0 aromatic heterocycles. The normalized spacial score (nSPS) is 44.7. The Morgan fingerprint density at radius 2 is 2.10 bits per heavy atom. The lowest BCUT2D eigenvalue weighted by Crippen LogP contribution is -2.80. The van der Waals surface area contributed by atoms with E-state index in [1.807, 2.05) is 7.11 Å². The van der Waals surface area contributed by atoms with Crippen LogP contribution < -0.4 is 5.73 Å². The maximum Gasteiger partial charge on any atom is 0.0698 e. The van der Waals surface area contributed by atoms with E-state index in [1.165, 1.54) is 19.3 Å². The number of hydrogen-bond acceptors (Lipinski definition) is 4. The van der Waals surface area contributed by atoms with Gasteiger partial charge < -0.3 is 15.2 Å². The lowest BCUT2D eigenvalue weighted by atomic mass is 9.46. The summed E-state index contributed by atoms with van der Waals surface area (Å²) in [6, 6.07) is 0. The number of fused-ring (bicyclic) bond motifs is 1. The third kappa shape index (κ3) is 2.12. The van der Waals surface area contributed by atoms with Crippen LogP contribution in [0.25, 0.3) is 0 Å². The number of hydrogen-bond donors (Lipinski definition) is 1. The molecular formula is C16H30N2O2. The minimum Gasteiger partial charge on any atom is -0.380 e. The Labute approximate surface area is 123 Å². The summed E-state index contributed by atoms with van der Waals surface area (Å²) in [4.78, 5) is 2.52. The second kappa shape index (κ2) is 5.24. The SMILES string of the molecule is COC1CCCN(CC2(N)C3CCCOC3C2(C)C)C1. The highest BCUT2D eigenvalue weighted by Crippen LogP contribution is 2.57. The zero-order chi connectivity index (χ0) is 14.4. The van der Waals surface area contributed by atoms with Crippen molar-refractivity contribution in [1.82, 2.24) is 4.90 Å². The topological polar surface area (TPSA) is 47.7 Å². The van der Waals surface area contributed by atoms with E-state index in [-0.39, 0.29) is 11.0 Å². The number of nitrogens with zero attached hydrogens (tertiary/aromatic N) is 1. The molecule has 2 N–H and O–H groups in total. The van der Waals surface area contributed by atoms with Crippen molar-refractivity contribution in [1.29, 1.82) is 0 Å². The van der Waals surface area contributed by atoms with E-state index < -0.39 is 0 Å². The largest absolute Gasteiger partial charge is 0.380 e. The number of nitrogens with two attached hydrogens (primary N) is 1. The molecule has 0 aromatic rings. The van der Waals surface area contributed by atoms with Gasteiger partial charge in [-0.2, -0.15) is 0 Å². The van der Waals surface area contributed by atoms with Gasteiger partial charge in [0.1, 0.15) is 0 Å². The molecule has 4 heteroatoms. The molecule has 20 heavy (non-hydrogen) atoms. The molecule has 0 amide bonds. The summed E-state index contributed by atoms with van der Waals surface area (Å²) in [7, 11) is 1.82. The van der Waals surface area contributed by atoms with Crippen LogP contribution in [-0.2, 0) is 9.47 Å². The van der Waals surface area contributed by atoms with Crippen LogP contribution in [-0.4, -0.2) is 56.0 Å². The molecule has 3 aliphatic rings. The van der Waals surface area contributed by atoms with Crippen molar-refractivity contribution in [3.8, 4) is 0 Å². The van der Waals surface area contributed by atoms with E-state index in [0.29, 0.717) is 18.1 Å². The van der Waals surface area contributed by atoms with E-state index >= 15 is 0 Å². The molecule has 0 aromatic carbocycles. The van der Waals surface area contributed by atoms with Gasteiger partial charge >= 0.3 is 0 Å². The summed E-state index contributed by atoms with van der Waals surface area (Å²) < 4.78 is 11.5. The van der Waals surface area contributed by atoms with Crippen molar-refractivity contribution >= 4 is 0 Å². The smallest absolute Gasteiger partial charge is 0.0698 e. The fourth-order valence-electron chi connectivity index (χ4n) is 4.71. The monoisotopic (exact) mass is 282 g/mol. The van der Waals surface area contributed by atoms with E-state index in [4.69, 9.17) is 15.2 Å². The molecule has 3 rings (SSSR count). The zero-order valence-electron chi connectivity index (χ0n) is 13.2. The number of methoxy groups -OCH3 is 1. The summed E-state index contributed by atoms with van der Waals surface area (Å²) in [6.07, 6.45) is 5.55. The first-order valence-electron chi connectivity index (χ1n) is 8.14. The average Bonchev–Trinajstić information content (AvgIpc) is 2.47. The Bertz CT molecular complexity index is 360. The Morgan fingerprint density at radius 1 is 1.30 bits per heavy atom. The first-order valence-corrected chi connectivity index (χ1v) is 8.14. The molecule has 2 aliphatic heterocycles. The van der Waals surface area contributed by atoms with E-state index in [2.05, 4.69) is 18.7 Å². The maximum absolute atomic E-state index is 6.89. The Morgan fingerprint density at radius 3 is 2.85 bits per heavy atom. The van der Waals surface area contributed by atoms with Crippen LogP contribution in [0, 0.1) is 11.3 Å². The maximum atomic E-state index is 6.89. The predicted octanol–water partition coefficient (Wildman–Crippen LogP) is 1.63. The summed E-state index contributed by atoms with van der Waals surface area (Å²) in [5, 5.41) is 0. The molecule has 4 atom stereocenters. The summed E-state index contributed by atoms with van der Waals surface area (Å²) in [6.45, 7) is 8.67. The summed E-state index contributed by atoms with van der Waals surface area (Å²) in [5.74, 6) is 0.536. The van der Waals surface area contributed by atoms with Gasteiger partial charge in [-0.25, -0.2) is 0 Å². The van der Waals surface area contributed by atoms with Gasteiger partial charge in [0, 0.05) is 43.7 Å². The van der Waals surface area contributed by atoms with Crippen LogP contribution in [0.15, 0.2) is 0 Å². The second-order valence-corrected chi connectivity index (χ2v) is 7.54. The van der Waals surface area contributed by atoms with Gasteiger partial charge in [-0.3, -0.25) is 4.90 Å². The van der Waals surface area contributed by atoms with Gasteiger partial charge in [-0.05, 0) is 32.2 Å². The third-order valence-electron chi connectivity index (χ3n) is 6.18. The van der Waals surface area contributed by atoms with Crippen molar-refractivity contribution in [2.45, 2.75) is 57.3 Å². The van der Waals surface area contributed by atoms with Crippen LogP contribution in [0.4, 0.5) is 0 Å².